The van der Waals surface area contributed by atoms with Crippen LogP contribution in [0.1, 0.15) is 43.1 Å². The van der Waals surface area contributed by atoms with E-state index in [9.17, 15) is 4.79 Å². The van der Waals surface area contributed by atoms with Crippen LogP contribution in [-0.4, -0.2) is 10.8 Å². The largest absolute Gasteiger partial charge is 0.294 e. The molecule has 0 atom stereocenters. The van der Waals surface area contributed by atoms with Crippen LogP contribution >= 0.6 is 0 Å². The first-order valence-electron chi connectivity index (χ1n) is 5.13. The van der Waals surface area contributed by atoms with Gasteiger partial charge in [0, 0.05) is 23.9 Å². The molecule has 0 aliphatic carbocycles. The van der Waals surface area contributed by atoms with Crippen molar-refractivity contribution in [2.24, 2.45) is 5.92 Å². The Bertz CT molecular complexity index is 318. The highest BCUT2D eigenvalue weighted by Crippen LogP contribution is 2.10. The normalized spacial score (nSPS) is 10.6. The highest BCUT2D eigenvalue weighted by molar-refractivity contribution is 5.97. The SMILES string of the molecule is CCCc1cncc(C(=O)C(C)C)c1. The van der Waals surface area contributed by atoms with Gasteiger partial charge in [0.15, 0.2) is 5.78 Å². The Labute approximate surface area is 85.4 Å². The molecule has 0 N–H and O–H groups in total. The fourth-order valence-electron chi connectivity index (χ4n) is 1.38. The number of hydrogen-bond acceptors (Lipinski definition) is 2. The topological polar surface area (TPSA) is 30.0 Å². The van der Waals surface area contributed by atoms with Crippen LogP contribution in [0.5, 0.6) is 0 Å². The Balaban J connectivity index is 2.88. The maximum atomic E-state index is 11.7. The second-order valence-electron chi connectivity index (χ2n) is 3.85. The molecule has 1 aromatic rings. The highest BCUT2D eigenvalue weighted by atomic mass is 16.1. The summed E-state index contributed by atoms with van der Waals surface area (Å²) >= 11 is 0. The Morgan fingerprint density at radius 2 is 2.14 bits per heavy atom. The Kier molecular flexibility index (Phi) is 3.81. The van der Waals surface area contributed by atoms with Crippen molar-refractivity contribution in [3.8, 4) is 0 Å². The van der Waals surface area contributed by atoms with Gasteiger partial charge in [-0.15, -0.1) is 0 Å². The molecule has 0 aliphatic heterocycles. The van der Waals surface area contributed by atoms with Crippen LogP contribution in [0, 0.1) is 5.92 Å². The Morgan fingerprint density at radius 3 is 2.71 bits per heavy atom. The van der Waals surface area contributed by atoms with E-state index in [-0.39, 0.29) is 11.7 Å². The van der Waals surface area contributed by atoms with Crippen molar-refractivity contribution < 1.29 is 4.79 Å². The van der Waals surface area contributed by atoms with Gasteiger partial charge >= 0.3 is 0 Å². The predicted molar refractivity (Wildman–Crippen MR) is 57.4 cm³/mol. The smallest absolute Gasteiger partial charge is 0.166 e. The van der Waals surface area contributed by atoms with E-state index in [1.54, 1.807) is 6.20 Å². The third-order valence-electron chi connectivity index (χ3n) is 2.14. The second-order valence-corrected chi connectivity index (χ2v) is 3.85. The number of carbonyl (C=O) groups is 1. The molecule has 2 nitrogen and oxygen atoms in total. The zero-order valence-electron chi connectivity index (χ0n) is 9.08. The second kappa shape index (κ2) is 4.89. The lowest BCUT2D eigenvalue weighted by atomic mass is 10.0. The molecule has 0 amide bonds. The van der Waals surface area contributed by atoms with Gasteiger partial charge in [-0.1, -0.05) is 27.2 Å². The van der Waals surface area contributed by atoms with Gasteiger partial charge in [0.25, 0.3) is 0 Å². The lowest BCUT2D eigenvalue weighted by Gasteiger charge is -2.05. The maximum absolute atomic E-state index is 11.7. The summed E-state index contributed by atoms with van der Waals surface area (Å²) in [4.78, 5) is 15.7. The molecule has 0 saturated heterocycles. The van der Waals surface area contributed by atoms with Crippen LogP contribution in [0.25, 0.3) is 0 Å². The molecule has 0 aromatic carbocycles. The summed E-state index contributed by atoms with van der Waals surface area (Å²) < 4.78 is 0. The van der Waals surface area contributed by atoms with Crippen molar-refractivity contribution in [2.75, 3.05) is 0 Å². The summed E-state index contributed by atoms with van der Waals surface area (Å²) in [6.07, 6.45) is 5.56. The molecule has 14 heavy (non-hydrogen) atoms. The van der Waals surface area contributed by atoms with Crippen LogP contribution in [0.4, 0.5) is 0 Å². The summed E-state index contributed by atoms with van der Waals surface area (Å²) in [5.41, 5.74) is 1.89. The third kappa shape index (κ3) is 2.66. The summed E-state index contributed by atoms with van der Waals surface area (Å²) in [5.74, 6) is 0.226. The minimum Gasteiger partial charge on any atom is -0.294 e. The lowest BCUT2D eigenvalue weighted by Crippen LogP contribution is -2.08. The molecule has 0 saturated carbocycles. The summed E-state index contributed by atoms with van der Waals surface area (Å²) in [7, 11) is 0. The van der Waals surface area contributed by atoms with E-state index in [1.165, 1.54) is 0 Å². The third-order valence-corrected chi connectivity index (χ3v) is 2.14. The molecule has 1 rings (SSSR count). The quantitative estimate of drug-likeness (QED) is 0.685. The van der Waals surface area contributed by atoms with E-state index >= 15 is 0 Å². The molecule has 0 aliphatic rings. The number of Topliss-reactive ketones (excluding diaryl/α,β-unsaturated/α-hetero) is 1. The first-order valence-corrected chi connectivity index (χ1v) is 5.13. The summed E-state index contributed by atoms with van der Waals surface area (Å²) in [5, 5.41) is 0. The van der Waals surface area contributed by atoms with Gasteiger partial charge in [0.05, 0.1) is 0 Å². The van der Waals surface area contributed by atoms with Crippen molar-refractivity contribution >= 4 is 5.78 Å². The molecule has 0 unspecified atom stereocenters. The molecular formula is C12H17NO. The van der Waals surface area contributed by atoms with E-state index in [0.29, 0.717) is 0 Å². The highest BCUT2D eigenvalue weighted by Gasteiger charge is 2.10. The zero-order chi connectivity index (χ0) is 10.6. The molecule has 0 fully saturated rings. The Morgan fingerprint density at radius 1 is 1.43 bits per heavy atom. The number of aromatic nitrogens is 1. The van der Waals surface area contributed by atoms with Gasteiger partial charge in [-0.25, -0.2) is 0 Å². The van der Waals surface area contributed by atoms with Crippen LogP contribution in [0.15, 0.2) is 18.5 Å². The van der Waals surface area contributed by atoms with Gasteiger partial charge < -0.3 is 0 Å². The minimum absolute atomic E-state index is 0.0497. The molecule has 1 aromatic heterocycles. The van der Waals surface area contributed by atoms with Crippen molar-refractivity contribution in [3.05, 3.63) is 29.6 Å². The van der Waals surface area contributed by atoms with E-state index in [1.807, 2.05) is 26.1 Å². The van der Waals surface area contributed by atoms with Crippen molar-refractivity contribution in [1.82, 2.24) is 4.98 Å². The fourth-order valence-corrected chi connectivity index (χ4v) is 1.38. The molecular weight excluding hydrogens is 174 g/mol. The number of nitrogens with zero attached hydrogens (tertiary/aromatic N) is 1. The number of aryl methyl sites for hydroxylation is 1. The summed E-state index contributed by atoms with van der Waals surface area (Å²) in [6.45, 7) is 5.95. The van der Waals surface area contributed by atoms with Crippen molar-refractivity contribution in [2.45, 2.75) is 33.6 Å². The van der Waals surface area contributed by atoms with Crippen LogP contribution < -0.4 is 0 Å². The Hall–Kier alpha value is -1.18. The number of rotatable bonds is 4. The predicted octanol–water partition coefficient (Wildman–Crippen LogP) is 2.87. The first-order chi connectivity index (χ1) is 6.65. The van der Waals surface area contributed by atoms with E-state index in [4.69, 9.17) is 0 Å². The zero-order valence-corrected chi connectivity index (χ0v) is 9.08. The van der Waals surface area contributed by atoms with Gasteiger partial charge in [0.2, 0.25) is 0 Å². The maximum Gasteiger partial charge on any atom is 0.166 e. The van der Waals surface area contributed by atoms with Gasteiger partial charge in [-0.2, -0.15) is 0 Å². The van der Waals surface area contributed by atoms with Crippen molar-refractivity contribution in [3.63, 3.8) is 0 Å². The number of ketones is 1. The van der Waals surface area contributed by atoms with E-state index in [0.717, 1.165) is 24.0 Å². The van der Waals surface area contributed by atoms with Crippen molar-refractivity contribution in [1.29, 1.82) is 0 Å². The molecule has 0 radical (unpaired) electrons. The van der Waals surface area contributed by atoms with E-state index in [2.05, 4.69) is 11.9 Å². The number of hydrogen-bond donors (Lipinski definition) is 0. The average Bonchev–Trinajstić information content (AvgIpc) is 2.17. The van der Waals surface area contributed by atoms with Crippen LogP contribution in [0.2, 0.25) is 0 Å². The molecule has 2 heteroatoms. The number of pyridine rings is 1. The standard InChI is InChI=1S/C12H17NO/c1-4-5-10-6-11(8-13-7-10)12(14)9(2)3/h6-9H,4-5H2,1-3H3. The van der Waals surface area contributed by atoms with Gasteiger partial charge in [-0.05, 0) is 18.1 Å². The molecule has 0 bridgehead atoms. The fraction of sp³-hybridized carbons (Fsp3) is 0.500. The monoisotopic (exact) mass is 191 g/mol. The van der Waals surface area contributed by atoms with Crippen LogP contribution in [0.3, 0.4) is 0 Å². The average molecular weight is 191 g/mol. The molecule has 0 spiro atoms. The minimum atomic E-state index is 0.0497. The van der Waals surface area contributed by atoms with E-state index < -0.39 is 0 Å². The lowest BCUT2D eigenvalue weighted by molar-refractivity contribution is 0.0939. The first kappa shape index (κ1) is 10.9. The summed E-state index contributed by atoms with van der Waals surface area (Å²) in [6, 6.07) is 1.96. The van der Waals surface area contributed by atoms with Gasteiger partial charge in [0.1, 0.15) is 0 Å². The van der Waals surface area contributed by atoms with Gasteiger partial charge in [-0.3, -0.25) is 9.78 Å². The van der Waals surface area contributed by atoms with Crippen LogP contribution in [-0.2, 0) is 6.42 Å². The molecule has 76 valence electrons. The number of carbonyl (C=O) groups excluding carboxylic acids is 1. The molecule has 1 heterocycles.